The van der Waals surface area contributed by atoms with Crippen molar-refractivity contribution in [2.45, 2.75) is 39.2 Å². The van der Waals surface area contributed by atoms with Gasteiger partial charge in [-0.2, -0.15) is 0 Å². The summed E-state index contributed by atoms with van der Waals surface area (Å²) in [5, 5.41) is 11.5. The van der Waals surface area contributed by atoms with Crippen LogP contribution >= 0.6 is 0 Å². The Balaban J connectivity index is 1.76. The van der Waals surface area contributed by atoms with E-state index in [-0.39, 0.29) is 12.3 Å². The highest BCUT2D eigenvalue weighted by Crippen LogP contribution is 2.13. The number of hydrogen-bond acceptors (Lipinski definition) is 3. The van der Waals surface area contributed by atoms with Crippen LogP contribution in [-0.2, 0) is 29.0 Å². The maximum absolute atomic E-state index is 12.2. The summed E-state index contributed by atoms with van der Waals surface area (Å²) in [7, 11) is 0. The van der Waals surface area contributed by atoms with Gasteiger partial charge in [-0.1, -0.05) is 43.3 Å². The lowest BCUT2D eigenvalue weighted by molar-refractivity contribution is -0.137. The van der Waals surface area contributed by atoms with Gasteiger partial charge in [0.1, 0.15) is 5.75 Å². The molecule has 138 valence electrons. The Labute approximate surface area is 154 Å². The van der Waals surface area contributed by atoms with E-state index in [1.165, 1.54) is 5.56 Å². The molecule has 5 nitrogen and oxygen atoms in total. The SMILES string of the molecule is CCc1ccccc1CC(=O)NCc1ccc(OCCCC(=O)O)cc1. The highest BCUT2D eigenvalue weighted by molar-refractivity contribution is 5.78. The van der Waals surface area contributed by atoms with Gasteiger partial charge in [0, 0.05) is 13.0 Å². The first kappa shape index (κ1) is 19.5. The van der Waals surface area contributed by atoms with Gasteiger partial charge < -0.3 is 15.2 Å². The number of carboxylic acid groups (broad SMARTS) is 1. The average molecular weight is 355 g/mol. The number of amides is 1. The highest BCUT2D eigenvalue weighted by atomic mass is 16.5. The monoisotopic (exact) mass is 355 g/mol. The summed E-state index contributed by atoms with van der Waals surface area (Å²) in [6.45, 7) is 2.92. The molecule has 2 aromatic carbocycles. The molecular weight excluding hydrogens is 330 g/mol. The molecule has 0 spiro atoms. The van der Waals surface area contributed by atoms with E-state index in [2.05, 4.69) is 18.3 Å². The first-order valence-electron chi connectivity index (χ1n) is 8.85. The zero-order valence-electron chi connectivity index (χ0n) is 15.0. The third-order valence-corrected chi connectivity index (χ3v) is 4.07. The van der Waals surface area contributed by atoms with Gasteiger partial charge in [0.2, 0.25) is 5.91 Å². The average Bonchev–Trinajstić information content (AvgIpc) is 2.65. The van der Waals surface area contributed by atoms with E-state index in [0.717, 1.165) is 17.5 Å². The van der Waals surface area contributed by atoms with Crippen molar-refractivity contribution in [3.63, 3.8) is 0 Å². The second-order valence-electron chi connectivity index (χ2n) is 6.07. The predicted molar refractivity (Wildman–Crippen MR) is 100 cm³/mol. The summed E-state index contributed by atoms with van der Waals surface area (Å²) in [6, 6.07) is 15.4. The van der Waals surface area contributed by atoms with Gasteiger partial charge in [0.25, 0.3) is 0 Å². The van der Waals surface area contributed by atoms with Crippen molar-refractivity contribution in [1.29, 1.82) is 0 Å². The third kappa shape index (κ3) is 6.59. The molecule has 0 aliphatic heterocycles. The smallest absolute Gasteiger partial charge is 0.303 e. The van der Waals surface area contributed by atoms with Gasteiger partial charge in [0.15, 0.2) is 0 Å². The molecule has 0 atom stereocenters. The fraction of sp³-hybridized carbons (Fsp3) is 0.333. The first-order valence-corrected chi connectivity index (χ1v) is 8.85. The van der Waals surface area contributed by atoms with Crippen molar-refractivity contribution in [3.8, 4) is 5.75 Å². The standard InChI is InChI=1S/C21H25NO4/c1-2-17-6-3-4-7-18(17)14-20(23)22-15-16-9-11-19(12-10-16)26-13-5-8-21(24)25/h3-4,6-7,9-12H,2,5,8,13-15H2,1H3,(H,22,23)(H,24,25). The summed E-state index contributed by atoms with van der Waals surface area (Å²) in [6.07, 6.45) is 1.88. The number of benzene rings is 2. The van der Waals surface area contributed by atoms with Crippen LogP contribution in [0.4, 0.5) is 0 Å². The van der Waals surface area contributed by atoms with Gasteiger partial charge in [-0.25, -0.2) is 0 Å². The Bertz CT molecular complexity index is 725. The van der Waals surface area contributed by atoms with Crippen LogP contribution in [0.1, 0.15) is 36.5 Å². The molecule has 0 aliphatic rings. The molecule has 0 unspecified atom stereocenters. The van der Waals surface area contributed by atoms with Crippen molar-refractivity contribution in [2.24, 2.45) is 0 Å². The molecule has 26 heavy (non-hydrogen) atoms. The van der Waals surface area contributed by atoms with Gasteiger partial charge in [-0.15, -0.1) is 0 Å². The molecule has 0 saturated heterocycles. The van der Waals surface area contributed by atoms with Gasteiger partial charge >= 0.3 is 5.97 Å². The molecule has 0 fully saturated rings. The molecule has 0 bridgehead atoms. The summed E-state index contributed by atoms with van der Waals surface area (Å²) >= 11 is 0. The van der Waals surface area contributed by atoms with Crippen molar-refractivity contribution in [2.75, 3.05) is 6.61 Å². The zero-order valence-corrected chi connectivity index (χ0v) is 15.0. The number of rotatable bonds is 10. The van der Waals surface area contributed by atoms with E-state index in [1.807, 2.05) is 42.5 Å². The quantitative estimate of drug-likeness (QED) is 0.641. The summed E-state index contributed by atoms with van der Waals surface area (Å²) in [5.74, 6) is -0.122. The largest absolute Gasteiger partial charge is 0.494 e. The molecular formula is C21H25NO4. The van der Waals surface area contributed by atoms with Crippen LogP contribution in [0.5, 0.6) is 5.75 Å². The maximum atomic E-state index is 12.2. The lowest BCUT2D eigenvalue weighted by Gasteiger charge is -2.10. The van der Waals surface area contributed by atoms with Crippen LogP contribution in [0.3, 0.4) is 0 Å². The van der Waals surface area contributed by atoms with Crippen molar-refractivity contribution in [1.82, 2.24) is 5.32 Å². The summed E-state index contributed by atoms with van der Waals surface area (Å²) in [5.41, 5.74) is 3.25. The Morgan fingerprint density at radius 2 is 1.73 bits per heavy atom. The van der Waals surface area contributed by atoms with Crippen LogP contribution < -0.4 is 10.1 Å². The van der Waals surface area contributed by atoms with E-state index < -0.39 is 5.97 Å². The molecule has 0 radical (unpaired) electrons. The Morgan fingerprint density at radius 3 is 2.38 bits per heavy atom. The minimum absolute atomic E-state index is 0.0000952. The minimum atomic E-state index is -0.818. The first-order chi connectivity index (χ1) is 12.6. The topological polar surface area (TPSA) is 75.6 Å². The zero-order chi connectivity index (χ0) is 18.8. The second-order valence-corrected chi connectivity index (χ2v) is 6.07. The number of aliphatic carboxylic acids is 1. The van der Waals surface area contributed by atoms with E-state index in [0.29, 0.717) is 31.7 Å². The number of nitrogens with one attached hydrogen (secondary N) is 1. The number of aryl methyl sites for hydroxylation is 1. The molecule has 2 N–H and O–H groups in total. The van der Waals surface area contributed by atoms with Crippen LogP contribution in [0, 0.1) is 0 Å². The van der Waals surface area contributed by atoms with Crippen LogP contribution in [0.2, 0.25) is 0 Å². The molecule has 0 aromatic heterocycles. The van der Waals surface area contributed by atoms with Crippen LogP contribution in [-0.4, -0.2) is 23.6 Å². The maximum Gasteiger partial charge on any atom is 0.303 e. The van der Waals surface area contributed by atoms with Gasteiger partial charge in [-0.05, 0) is 41.7 Å². The normalized spacial score (nSPS) is 10.3. The Kier molecular flexibility index (Phi) is 7.68. The summed E-state index contributed by atoms with van der Waals surface area (Å²) < 4.78 is 5.49. The van der Waals surface area contributed by atoms with Crippen molar-refractivity contribution in [3.05, 3.63) is 65.2 Å². The number of carboxylic acids is 1. The minimum Gasteiger partial charge on any atom is -0.494 e. The van der Waals surface area contributed by atoms with Gasteiger partial charge in [-0.3, -0.25) is 9.59 Å². The molecule has 0 saturated carbocycles. The Hall–Kier alpha value is -2.82. The van der Waals surface area contributed by atoms with Crippen molar-refractivity contribution >= 4 is 11.9 Å². The van der Waals surface area contributed by atoms with Crippen LogP contribution in [0.25, 0.3) is 0 Å². The molecule has 0 aliphatic carbocycles. The fourth-order valence-corrected chi connectivity index (χ4v) is 2.63. The molecule has 0 heterocycles. The number of carbonyl (C=O) groups excluding carboxylic acids is 1. The van der Waals surface area contributed by atoms with E-state index in [1.54, 1.807) is 0 Å². The van der Waals surface area contributed by atoms with Gasteiger partial charge in [0.05, 0.1) is 13.0 Å². The lowest BCUT2D eigenvalue weighted by Crippen LogP contribution is -2.24. The number of hydrogen-bond donors (Lipinski definition) is 2. The number of ether oxygens (including phenoxy) is 1. The van der Waals surface area contributed by atoms with Crippen LogP contribution in [0.15, 0.2) is 48.5 Å². The number of carbonyl (C=O) groups is 2. The van der Waals surface area contributed by atoms with E-state index in [9.17, 15) is 9.59 Å². The molecule has 1 amide bonds. The molecule has 2 aromatic rings. The third-order valence-electron chi connectivity index (χ3n) is 4.07. The summed E-state index contributed by atoms with van der Waals surface area (Å²) in [4.78, 5) is 22.6. The lowest BCUT2D eigenvalue weighted by atomic mass is 10.0. The van der Waals surface area contributed by atoms with E-state index >= 15 is 0 Å². The second kappa shape index (κ2) is 10.2. The highest BCUT2D eigenvalue weighted by Gasteiger charge is 2.07. The fourth-order valence-electron chi connectivity index (χ4n) is 2.63. The Morgan fingerprint density at radius 1 is 1.04 bits per heavy atom. The van der Waals surface area contributed by atoms with E-state index in [4.69, 9.17) is 9.84 Å². The molecule has 5 heteroatoms. The predicted octanol–water partition coefficient (Wildman–Crippen LogP) is 3.35. The van der Waals surface area contributed by atoms with Crippen molar-refractivity contribution < 1.29 is 19.4 Å². The molecule has 2 rings (SSSR count).